The molecule has 3 heterocycles. The summed E-state index contributed by atoms with van der Waals surface area (Å²) < 4.78 is 9.65. The highest BCUT2D eigenvalue weighted by atomic mass is 16.3. The summed E-state index contributed by atoms with van der Waals surface area (Å²) in [5.74, 6) is 2.40. The van der Waals surface area contributed by atoms with E-state index in [1.807, 2.05) is 0 Å². The molecule has 48 heavy (non-hydrogen) atoms. The molecule has 3 heteroatoms. The standard InChI is InChI=1S/C45H36N2O/c1-5-29-37-30-18-10-9-15-27(30)22-23-33(37)39(28-16-7-6-8-17-28)46-43(29)47-35-20-12-11-19-31(35)32-24-25-34-38-42(48-41(34)40(32)47)45(4)26-14-13-21-36(45)44(38,2)3/h6-26,36H,5H2,1-4H3. The molecular formula is C45H36N2O. The number of pyridine rings is 1. The largest absolute Gasteiger partial charge is 0.458 e. The molecule has 0 saturated heterocycles. The number of nitrogens with zero attached hydrogens (tertiary/aromatic N) is 2. The number of furan rings is 1. The lowest BCUT2D eigenvalue weighted by Crippen LogP contribution is -2.34. The van der Waals surface area contributed by atoms with Gasteiger partial charge in [-0.25, -0.2) is 4.98 Å². The highest BCUT2D eigenvalue weighted by Crippen LogP contribution is 2.60. The van der Waals surface area contributed by atoms with Gasteiger partial charge in [0.1, 0.15) is 11.6 Å². The van der Waals surface area contributed by atoms with Crippen molar-refractivity contribution < 1.29 is 4.42 Å². The quantitative estimate of drug-likeness (QED) is 0.184. The Kier molecular flexibility index (Phi) is 5.52. The first kappa shape index (κ1) is 27.7. The van der Waals surface area contributed by atoms with Crippen LogP contribution in [0.3, 0.4) is 0 Å². The topological polar surface area (TPSA) is 31.0 Å². The van der Waals surface area contributed by atoms with E-state index in [-0.39, 0.29) is 10.8 Å². The molecule has 0 radical (unpaired) electrons. The van der Waals surface area contributed by atoms with Crippen molar-refractivity contribution in [2.24, 2.45) is 5.92 Å². The second-order valence-corrected chi connectivity index (χ2v) is 14.4. The van der Waals surface area contributed by atoms with Crippen molar-refractivity contribution in [1.82, 2.24) is 9.55 Å². The zero-order chi connectivity index (χ0) is 32.4. The number of hydrogen-bond donors (Lipinski definition) is 0. The number of para-hydroxylation sites is 1. The Bertz CT molecular complexity index is 2700. The number of allylic oxidation sites excluding steroid dienone is 4. The fraction of sp³-hybridized carbons (Fsp3) is 0.178. The Labute approximate surface area is 279 Å². The monoisotopic (exact) mass is 620 g/mol. The molecule has 5 aromatic carbocycles. The molecule has 8 aromatic rings. The number of fused-ring (bicyclic) bond motifs is 12. The van der Waals surface area contributed by atoms with Gasteiger partial charge in [0.2, 0.25) is 0 Å². The highest BCUT2D eigenvalue weighted by Gasteiger charge is 2.55. The number of aromatic nitrogens is 2. The minimum absolute atomic E-state index is 0.0870. The van der Waals surface area contributed by atoms with E-state index in [1.165, 1.54) is 48.8 Å². The number of rotatable bonds is 3. The Morgan fingerprint density at radius 2 is 1.46 bits per heavy atom. The molecule has 232 valence electrons. The zero-order valence-corrected chi connectivity index (χ0v) is 27.7. The average molecular weight is 621 g/mol. The third-order valence-electron chi connectivity index (χ3n) is 11.5. The fourth-order valence-corrected chi connectivity index (χ4v) is 9.41. The van der Waals surface area contributed by atoms with Crippen LogP contribution in [0.4, 0.5) is 0 Å². The molecule has 2 atom stereocenters. The van der Waals surface area contributed by atoms with Crippen molar-refractivity contribution in [3.8, 4) is 17.1 Å². The van der Waals surface area contributed by atoms with Crippen LogP contribution in [0, 0.1) is 5.92 Å². The normalized spacial score (nSPS) is 19.6. The summed E-state index contributed by atoms with van der Waals surface area (Å²) in [6, 6.07) is 37.3. The molecule has 0 fully saturated rings. The minimum atomic E-state index is -0.203. The van der Waals surface area contributed by atoms with Crippen molar-refractivity contribution in [3.05, 3.63) is 144 Å². The van der Waals surface area contributed by atoms with Gasteiger partial charge in [0, 0.05) is 49.6 Å². The lowest BCUT2D eigenvalue weighted by Gasteiger charge is -2.35. The van der Waals surface area contributed by atoms with Gasteiger partial charge in [0.15, 0.2) is 5.58 Å². The first-order valence-corrected chi connectivity index (χ1v) is 17.2. The van der Waals surface area contributed by atoms with Crippen LogP contribution >= 0.6 is 0 Å². The minimum Gasteiger partial charge on any atom is -0.458 e. The molecule has 0 bridgehead atoms. The number of hydrogen-bond acceptors (Lipinski definition) is 2. The maximum absolute atomic E-state index is 7.24. The van der Waals surface area contributed by atoms with Crippen molar-refractivity contribution >= 4 is 54.3 Å². The van der Waals surface area contributed by atoms with Crippen LogP contribution < -0.4 is 0 Å². The zero-order valence-electron chi connectivity index (χ0n) is 27.7. The maximum Gasteiger partial charge on any atom is 0.159 e. The summed E-state index contributed by atoms with van der Waals surface area (Å²) in [5, 5.41) is 8.55. The van der Waals surface area contributed by atoms with Gasteiger partial charge in [-0.05, 0) is 35.6 Å². The Morgan fingerprint density at radius 3 is 2.29 bits per heavy atom. The van der Waals surface area contributed by atoms with Crippen LogP contribution in [-0.2, 0) is 17.3 Å². The van der Waals surface area contributed by atoms with Crippen molar-refractivity contribution in [3.63, 3.8) is 0 Å². The van der Waals surface area contributed by atoms with Crippen LogP contribution in [0.15, 0.2) is 132 Å². The lowest BCUT2D eigenvalue weighted by molar-refractivity contribution is 0.302. The maximum atomic E-state index is 7.24. The SMILES string of the molecule is CCc1c(-n2c3ccccc3c3ccc4c5c(oc4c32)C2(C)C=CC=CC2C5(C)C)nc(-c2ccccc2)c2ccc3ccccc3c12. The summed E-state index contributed by atoms with van der Waals surface area (Å²) >= 11 is 0. The van der Waals surface area contributed by atoms with Gasteiger partial charge in [-0.15, -0.1) is 0 Å². The van der Waals surface area contributed by atoms with Gasteiger partial charge in [0.25, 0.3) is 0 Å². The lowest BCUT2D eigenvalue weighted by atomic mass is 9.67. The summed E-state index contributed by atoms with van der Waals surface area (Å²) in [6.07, 6.45) is 9.94. The van der Waals surface area contributed by atoms with E-state index in [0.717, 1.165) is 45.9 Å². The van der Waals surface area contributed by atoms with E-state index in [2.05, 4.69) is 160 Å². The van der Waals surface area contributed by atoms with Gasteiger partial charge in [-0.2, -0.15) is 0 Å². The van der Waals surface area contributed by atoms with Gasteiger partial charge in [0.05, 0.1) is 22.1 Å². The predicted molar refractivity (Wildman–Crippen MR) is 200 cm³/mol. The van der Waals surface area contributed by atoms with E-state index in [4.69, 9.17) is 9.40 Å². The Balaban J connectivity index is 1.41. The van der Waals surface area contributed by atoms with E-state index in [1.54, 1.807) is 0 Å². The average Bonchev–Trinajstić information content (AvgIpc) is 3.73. The first-order chi connectivity index (χ1) is 23.4. The van der Waals surface area contributed by atoms with E-state index >= 15 is 0 Å². The molecule has 3 nitrogen and oxygen atoms in total. The molecule has 0 aliphatic heterocycles. The smallest absolute Gasteiger partial charge is 0.159 e. The Hall–Kier alpha value is -5.41. The van der Waals surface area contributed by atoms with Crippen LogP contribution in [0.2, 0.25) is 0 Å². The molecule has 2 aliphatic rings. The summed E-state index contributed by atoms with van der Waals surface area (Å²) in [7, 11) is 0. The molecule has 0 spiro atoms. The molecular weight excluding hydrogens is 585 g/mol. The molecule has 10 rings (SSSR count). The van der Waals surface area contributed by atoms with E-state index in [0.29, 0.717) is 5.92 Å². The van der Waals surface area contributed by atoms with Gasteiger partial charge >= 0.3 is 0 Å². The third-order valence-corrected chi connectivity index (χ3v) is 11.5. The number of aryl methyl sites for hydroxylation is 1. The highest BCUT2D eigenvalue weighted by molar-refractivity contribution is 6.19. The van der Waals surface area contributed by atoms with E-state index < -0.39 is 0 Å². The summed E-state index contributed by atoms with van der Waals surface area (Å²) in [6.45, 7) is 9.38. The van der Waals surface area contributed by atoms with Crippen LogP contribution in [0.1, 0.15) is 44.6 Å². The molecule has 0 saturated carbocycles. The molecule has 0 N–H and O–H groups in total. The number of benzene rings is 5. The summed E-state index contributed by atoms with van der Waals surface area (Å²) in [5.41, 5.74) is 7.58. The van der Waals surface area contributed by atoms with Gasteiger partial charge < -0.3 is 4.42 Å². The first-order valence-electron chi connectivity index (χ1n) is 17.2. The van der Waals surface area contributed by atoms with Crippen LogP contribution in [0.25, 0.3) is 71.4 Å². The van der Waals surface area contributed by atoms with Crippen LogP contribution in [0.5, 0.6) is 0 Å². The molecule has 2 aliphatic carbocycles. The van der Waals surface area contributed by atoms with Crippen molar-refractivity contribution in [2.75, 3.05) is 0 Å². The third kappa shape index (κ3) is 3.41. The summed E-state index contributed by atoms with van der Waals surface area (Å²) in [4.78, 5) is 5.67. The Morgan fingerprint density at radius 1 is 0.729 bits per heavy atom. The van der Waals surface area contributed by atoms with Crippen molar-refractivity contribution in [1.29, 1.82) is 0 Å². The fourth-order valence-electron chi connectivity index (χ4n) is 9.41. The predicted octanol–water partition coefficient (Wildman–Crippen LogP) is 11.8. The second kappa shape index (κ2) is 9.58. The van der Waals surface area contributed by atoms with Gasteiger partial charge in [-0.1, -0.05) is 142 Å². The molecule has 3 aromatic heterocycles. The molecule has 2 unspecified atom stereocenters. The molecule has 0 amide bonds. The second-order valence-electron chi connectivity index (χ2n) is 14.4. The van der Waals surface area contributed by atoms with E-state index in [9.17, 15) is 0 Å². The van der Waals surface area contributed by atoms with Crippen molar-refractivity contribution in [2.45, 2.75) is 44.9 Å². The van der Waals surface area contributed by atoms with Gasteiger partial charge in [-0.3, -0.25) is 4.57 Å². The van der Waals surface area contributed by atoms with Crippen LogP contribution in [-0.4, -0.2) is 9.55 Å².